The van der Waals surface area contributed by atoms with Gasteiger partial charge in [-0.1, -0.05) is 24.3 Å². The highest BCUT2D eigenvalue weighted by Gasteiger charge is 2.15. The summed E-state index contributed by atoms with van der Waals surface area (Å²) in [7, 11) is 1.80. The summed E-state index contributed by atoms with van der Waals surface area (Å²) in [5.41, 5.74) is 1.08. The summed E-state index contributed by atoms with van der Waals surface area (Å²) in [6.45, 7) is 2.56. The highest BCUT2D eigenvalue weighted by atomic mass is 127. The maximum Gasteiger partial charge on any atom is 0.213 e. The molecule has 8 heteroatoms. The first-order valence-corrected chi connectivity index (χ1v) is 10.7. The molecule has 1 atom stereocenters. The van der Waals surface area contributed by atoms with Crippen LogP contribution in [0.15, 0.2) is 53.7 Å². The van der Waals surface area contributed by atoms with Gasteiger partial charge in [0.25, 0.3) is 0 Å². The molecule has 158 valence electrons. The van der Waals surface area contributed by atoms with Crippen LogP contribution in [0.3, 0.4) is 0 Å². The first-order valence-electron chi connectivity index (χ1n) is 9.65. The maximum atomic E-state index is 5.63. The van der Waals surface area contributed by atoms with E-state index in [4.69, 9.17) is 9.47 Å². The molecular weight excluding hydrogens is 499 g/mol. The Morgan fingerprint density at radius 2 is 1.97 bits per heavy atom. The number of hydrogen-bond acceptors (Lipinski definition) is 5. The van der Waals surface area contributed by atoms with Crippen LogP contribution in [0.5, 0.6) is 11.6 Å². The van der Waals surface area contributed by atoms with Crippen LogP contribution >= 0.6 is 35.7 Å². The Balaban J connectivity index is 0.00000300. The number of hydrogen-bond donors (Lipinski definition) is 2. The summed E-state index contributed by atoms with van der Waals surface area (Å²) < 4.78 is 11.2. The molecule has 29 heavy (non-hydrogen) atoms. The van der Waals surface area contributed by atoms with Gasteiger partial charge in [0, 0.05) is 37.7 Å². The van der Waals surface area contributed by atoms with Crippen LogP contribution in [0, 0.1) is 0 Å². The van der Waals surface area contributed by atoms with Crippen molar-refractivity contribution in [1.82, 2.24) is 15.6 Å². The minimum atomic E-state index is 0. The molecule has 1 saturated heterocycles. The largest absolute Gasteiger partial charge is 0.490 e. The molecule has 0 spiro atoms. The average molecular weight is 528 g/mol. The first kappa shape index (κ1) is 23.6. The number of nitrogens with one attached hydrogen (secondary N) is 2. The van der Waals surface area contributed by atoms with E-state index in [1.54, 1.807) is 7.05 Å². The quantitative estimate of drug-likeness (QED) is 0.224. The van der Waals surface area contributed by atoms with Gasteiger partial charge in [-0.2, -0.15) is 11.8 Å². The maximum absolute atomic E-state index is 5.63. The van der Waals surface area contributed by atoms with Crippen molar-refractivity contribution in [2.24, 2.45) is 4.99 Å². The summed E-state index contributed by atoms with van der Waals surface area (Å²) in [5, 5.41) is 7.43. The summed E-state index contributed by atoms with van der Waals surface area (Å²) in [5.74, 6) is 3.54. The third kappa shape index (κ3) is 8.69. The Bertz CT molecular complexity index is 725. The summed E-state index contributed by atoms with van der Waals surface area (Å²) in [6.07, 6.45) is 4.43. The third-order valence-corrected chi connectivity index (χ3v) is 5.75. The highest BCUT2D eigenvalue weighted by molar-refractivity contribution is 14.0. The van der Waals surface area contributed by atoms with Gasteiger partial charge in [-0.05, 0) is 36.3 Å². The van der Waals surface area contributed by atoms with Gasteiger partial charge in [-0.3, -0.25) is 4.99 Å². The van der Waals surface area contributed by atoms with Crippen molar-refractivity contribution in [2.75, 3.05) is 32.6 Å². The van der Waals surface area contributed by atoms with Crippen molar-refractivity contribution in [3.05, 3.63) is 54.2 Å². The molecule has 2 aromatic rings. The number of thioether (sulfide) groups is 1. The van der Waals surface area contributed by atoms with Gasteiger partial charge in [0.05, 0.1) is 0 Å². The van der Waals surface area contributed by atoms with E-state index >= 15 is 0 Å². The number of ether oxygens (including phenoxy) is 2. The fourth-order valence-corrected chi connectivity index (χ4v) is 4.05. The van der Waals surface area contributed by atoms with Crippen molar-refractivity contribution in [1.29, 1.82) is 0 Å². The van der Waals surface area contributed by atoms with E-state index in [0.29, 0.717) is 30.9 Å². The minimum Gasteiger partial charge on any atom is -0.490 e. The summed E-state index contributed by atoms with van der Waals surface area (Å²) in [4.78, 5) is 8.64. The van der Waals surface area contributed by atoms with Crippen molar-refractivity contribution in [2.45, 2.75) is 24.6 Å². The molecule has 1 aromatic heterocycles. The zero-order valence-corrected chi connectivity index (χ0v) is 19.8. The molecule has 6 nitrogen and oxygen atoms in total. The molecule has 2 heterocycles. The number of aliphatic imine (C=N–C) groups is 1. The second-order valence-corrected chi connectivity index (χ2v) is 7.86. The van der Waals surface area contributed by atoms with Crippen molar-refractivity contribution in [3.8, 4) is 11.6 Å². The van der Waals surface area contributed by atoms with Crippen LogP contribution in [0.25, 0.3) is 0 Å². The predicted octanol–water partition coefficient (Wildman–Crippen LogP) is 3.72. The average Bonchev–Trinajstić information content (AvgIpc) is 3.27. The van der Waals surface area contributed by atoms with Gasteiger partial charge in [-0.25, -0.2) is 4.98 Å². The van der Waals surface area contributed by atoms with E-state index in [9.17, 15) is 0 Å². The van der Waals surface area contributed by atoms with Crippen LogP contribution < -0.4 is 20.1 Å². The van der Waals surface area contributed by atoms with Gasteiger partial charge in [0.15, 0.2) is 5.96 Å². The topological polar surface area (TPSA) is 67.8 Å². The fourth-order valence-electron chi connectivity index (χ4n) is 2.85. The number of halogens is 1. The van der Waals surface area contributed by atoms with E-state index in [2.05, 4.69) is 20.6 Å². The van der Waals surface area contributed by atoms with Crippen LogP contribution in [0.1, 0.15) is 18.4 Å². The molecule has 1 fully saturated rings. The second-order valence-electron chi connectivity index (χ2n) is 6.46. The normalized spacial score (nSPS) is 16.0. The van der Waals surface area contributed by atoms with E-state index in [-0.39, 0.29) is 24.0 Å². The number of rotatable bonds is 9. The molecule has 1 aliphatic heterocycles. The lowest BCUT2D eigenvalue weighted by Gasteiger charge is -2.15. The Hall–Kier alpha value is -1.68. The van der Waals surface area contributed by atoms with E-state index in [1.807, 2.05) is 60.4 Å². The standard InChI is InChI=1S/C21H28N4O2S.HI/c1-22-21(25-16-19-8-5-13-28-19)24-15-17-9-10-20(23-14-17)27-12-11-26-18-6-3-2-4-7-18;/h2-4,6-7,9-10,14,19H,5,8,11-13,15-16H2,1H3,(H2,22,24,25);1H. The number of para-hydroxylation sites is 1. The molecule has 1 unspecified atom stereocenters. The van der Waals surface area contributed by atoms with E-state index < -0.39 is 0 Å². The zero-order valence-electron chi connectivity index (χ0n) is 16.7. The molecular formula is C21H29IN4O2S. The second kappa shape index (κ2) is 13.5. The number of pyridine rings is 1. The van der Waals surface area contributed by atoms with Crippen LogP contribution in [-0.4, -0.2) is 48.8 Å². The lowest BCUT2D eigenvalue weighted by Crippen LogP contribution is -2.39. The monoisotopic (exact) mass is 528 g/mol. The van der Waals surface area contributed by atoms with Crippen LogP contribution in [0.2, 0.25) is 0 Å². The molecule has 0 aliphatic carbocycles. The van der Waals surface area contributed by atoms with Crippen LogP contribution in [0.4, 0.5) is 0 Å². The van der Waals surface area contributed by atoms with Crippen molar-refractivity contribution < 1.29 is 9.47 Å². The lowest BCUT2D eigenvalue weighted by atomic mass is 10.2. The predicted molar refractivity (Wildman–Crippen MR) is 131 cm³/mol. The number of guanidine groups is 1. The fraction of sp³-hybridized carbons (Fsp3) is 0.429. The summed E-state index contributed by atoms with van der Waals surface area (Å²) >= 11 is 2.04. The highest BCUT2D eigenvalue weighted by Crippen LogP contribution is 2.25. The number of nitrogens with zero attached hydrogens (tertiary/aromatic N) is 2. The van der Waals surface area contributed by atoms with Gasteiger partial charge in [-0.15, -0.1) is 24.0 Å². The van der Waals surface area contributed by atoms with E-state index in [1.165, 1.54) is 18.6 Å². The minimum absolute atomic E-state index is 0. The molecule has 0 saturated carbocycles. The number of benzene rings is 1. The van der Waals surface area contributed by atoms with Crippen molar-refractivity contribution >= 4 is 41.7 Å². The van der Waals surface area contributed by atoms with Gasteiger partial charge in [0.1, 0.15) is 19.0 Å². The van der Waals surface area contributed by atoms with E-state index in [0.717, 1.165) is 23.8 Å². The number of aromatic nitrogens is 1. The van der Waals surface area contributed by atoms with Crippen molar-refractivity contribution in [3.63, 3.8) is 0 Å². The molecule has 0 amide bonds. The first-order chi connectivity index (χ1) is 13.8. The SMILES string of the molecule is CN=C(NCc1ccc(OCCOc2ccccc2)nc1)NCC1CCCS1.I. The summed E-state index contributed by atoms with van der Waals surface area (Å²) in [6, 6.07) is 13.6. The Labute approximate surface area is 194 Å². The molecule has 2 N–H and O–H groups in total. The smallest absolute Gasteiger partial charge is 0.213 e. The lowest BCUT2D eigenvalue weighted by molar-refractivity contribution is 0.212. The molecule has 1 aromatic carbocycles. The Morgan fingerprint density at radius 3 is 2.66 bits per heavy atom. The third-order valence-electron chi connectivity index (χ3n) is 4.35. The van der Waals surface area contributed by atoms with Gasteiger partial charge < -0.3 is 20.1 Å². The van der Waals surface area contributed by atoms with Gasteiger partial charge in [0.2, 0.25) is 5.88 Å². The van der Waals surface area contributed by atoms with Crippen LogP contribution in [-0.2, 0) is 6.54 Å². The van der Waals surface area contributed by atoms with Gasteiger partial charge >= 0.3 is 0 Å². The molecule has 0 radical (unpaired) electrons. The Kier molecular flexibility index (Phi) is 11.0. The molecule has 1 aliphatic rings. The molecule has 0 bridgehead atoms. The molecule has 3 rings (SSSR count). The Morgan fingerprint density at radius 1 is 1.14 bits per heavy atom. The zero-order chi connectivity index (χ0) is 19.4.